The predicted molar refractivity (Wildman–Crippen MR) is 139 cm³/mol. The number of nitrogens with zero attached hydrogens (tertiary/aromatic N) is 1. The molecule has 6 nitrogen and oxygen atoms in total. The van der Waals surface area contributed by atoms with E-state index < -0.39 is 5.72 Å². The molecule has 1 saturated heterocycles. The van der Waals surface area contributed by atoms with Gasteiger partial charge >= 0.3 is 6.09 Å². The van der Waals surface area contributed by atoms with Crippen LogP contribution < -0.4 is 5.32 Å². The summed E-state index contributed by atoms with van der Waals surface area (Å²) in [4.78, 5) is 28.1. The van der Waals surface area contributed by atoms with Gasteiger partial charge in [-0.2, -0.15) is 0 Å². The minimum atomic E-state index is -0.832. The number of amides is 2. The summed E-state index contributed by atoms with van der Waals surface area (Å²) in [5.74, 6) is 0.878. The molecule has 1 aliphatic heterocycles. The molecule has 35 heavy (non-hydrogen) atoms. The summed E-state index contributed by atoms with van der Waals surface area (Å²) in [5.41, 5.74) is 0.829. The topological polar surface area (TPSA) is 67.9 Å². The zero-order valence-electron chi connectivity index (χ0n) is 22.2. The van der Waals surface area contributed by atoms with Gasteiger partial charge in [-0.25, -0.2) is 4.79 Å². The van der Waals surface area contributed by atoms with E-state index in [0.29, 0.717) is 30.4 Å². The quantitative estimate of drug-likeness (QED) is 0.423. The zero-order chi connectivity index (χ0) is 25.4. The normalized spacial score (nSPS) is 22.9. The summed E-state index contributed by atoms with van der Waals surface area (Å²) >= 11 is 0. The van der Waals surface area contributed by atoms with Gasteiger partial charge in [0.1, 0.15) is 12.3 Å². The SMILES string of the molecule is CC/C(=C\[C@@H]1OC(C)(C)N(C(=O)OCc2ccccc2)[C@H]1CC1CCCCC1)C(=O)NCC(C)C. The number of rotatable bonds is 9. The van der Waals surface area contributed by atoms with Crippen LogP contribution in [-0.2, 0) is 20.9 Å². The summed E-state index contributed by atoms with van der Waals surface area (Å²) in [6, 6.07) is 9.56. The molecular weight excluding hydrogens is 440 g/mol. The van der Waals surface area contributed by atoms with Crippen molar-refractivity contribution in [3.63, 3.8) is 0 Å². The maximum Gasteiger partial charge on any atom is 0.412 e. The zero-order valence-corrected chi connectivity index (χ0v) is 22.2. The highest BCUT2D eigenvalue weighted by Crippen LogP contribution is 2.39. The Morgan fingerprint density at radius 1 is 1.17 bits per heavy atom. The first kappa shape index (κ1) is 27.3. The molecule has 194 valence electrons. The Labute approximate surface area is 211 Å². The minimum absolute atomic E-state index is 0.0517. The van der Waals surface area contributed by atoms with Gasteiger partial charge in [-0.05, 0) is 50.2 Å². The van der Waals surface area contributed by atoms with Crippen LogP contribution >= 0.6 is 0 Å². The maximum absolute atomic E-state index is 13.4. The van der Waals surface area contributed by atoms with Gasteiger partial charge < -0.3 is 14.8 Å². The third-order valence-corrected chi connectivity index (χ3v) is 7.13. The molecule has 2 fully saturated rings. The van der Waals surface area contributed by atoms with E-state index in [1.54, 1.807) is 4.90 Å². The number of ether oxygens (including phenoxy) is 2. The van der Waals surface area contributed by atoms with Crippen molar-refractivity contribution in [1.29, 1.82) is 0 Å². The van der Waals surface area contributed by atoms with Gasteiger partial charge in [0, 0.05) is 12.1 Å². The lowest BCUT2D eigenvalue weighted by molar-refractivity contribution is -0.117. The summed E-state index contributed by atoms with van der Waals surface area (Å²) in [6.45, 7) is 10.8. The molecule has 1 aromatic carbocycles. The number of benzene rings is 1. The fourth-order valence-corrected chi connectivity index (χ4v) is 5.27. The molecule has 1 aliphatic carbocycles. The lowest BCUT2D eigenvalue weighted by atomic mass is 9.83. The van der Waals surface area contributed by atoms with Crippen molar-refractivity contribution in [2.24, 2.45) is 11.8 Å². The number of nitrogens with one attached hydrogen (secondary N) is 1. The average molecular weight is 485 g/mol. The molecule has 1 N–H and O–H groups in total. The highest BCUT2D eigenvalue weighted by molar-refractivity contribution is 5.93. The molecule has 2 aliphatic rings. The van der Waals surface area contributed by atoms with Crippen LogP contribution in [0.4, 0.5) is 4.79 Å². The first-order chi connectivity index (χ1) is 16.7. The van der Waals surface area contributed by atoms with Gasteiger partial charge in [0.05, 0.1) is 12.1 Å². The second kappa shape index (κ2) is 12.6. The second-order valence-corrected chi connectivity index (χ2v) is 10.9. The van der Waals surface area contributed by atoms with E-state index in [4.69, 9.17) is 9.47 Å². The first-order valence-corrected chi connectivity index (χ1v) is 13.4. The van der Waals surface area contributed by atoms with Crippen molar-refractivity contribution in [2.45, 2.75) is 104 Å². The van der Waals surface area contributed by atoms with Gasteiger partial charge in [-0.15, -0.1) is 0 Å². The van der Waals surface area contributed by atoms with E-state index in [1.165, 1.54) is 32.1 Å². The molecule has 0 radical (unpaired) electrons. The van der Waals surface area contributed by atoms with Crippen LogP contribution in [0.15, 0.2) is 42.0 Å². The molecular formula is C29H44N2O4. The number of hydrogen-bond donors (Lipinski definition) is 1. The van der Waals surface area contributed by atoms with E-state index in [-0.39, 0.29) is 30.8 Å². The van der Waals surface area contributed by atoms with Gasteiger partial charge in [0.2, 0.25) is 5.91 Å². The molecule has 0 aromatic heterocycles. The standard InChI is InChI=1S/C29H44N2O4/c1-6-24(27(32)30-19-21(2)3)18-26-25(17-22-13-9-7-10-14-22)31(29(4,5)35-26)28(33)34-20-23-15-11-8-12-16-23/h8,11-12,15-16,18,21-22,25-26H,6-7,9-10,13-14,17,19-20H2,1-5H3,(H,30,32)/b24-18+/t25-,26-/m0/s1. The lowest BCUT2D eigenvalue weighted by Crippen LogP contribution is -2.49. The summed E-state index contributed by atoms with van der Waals surface area (Å²) in [5, 5.41) is 3.03. The molecule has 2 atom stereocenters. The van der Waals surface area contributed by atoms with Crippen LogP contribution in [0.25, 0.3) is 0 Å². The van der Waals surface area contributed by atoms with Crippen molar-refractivity contribution >= 4 is 12.0 Å². The third-order valence-electron chi connectivity index (χ3n) is 7.13. The molecule has 1 heterocycles. The van der Waals surface area contributed by atoms with Crippen molar-refractivity contribution in [3.05, 3.63) is 47.5 Å². The van der Waals surface area contributed by atoms with Crippen molar-refractivity contribution < 1.29 is 19.1 Å². The van der Waals surface area contributed by atoms with Gasteiger partial charge in [0.25, 0.3) is 0 Å². The van der Waals surface area contributed by atoms with Crippen LogP contribution in [0.3, 0.4) is 0 Å². The molecule has 0 unspecified atom stereocenters. The Hall–Kier alpha value is -2.34. The van der Waals surface area contributed by atoms with E-state index in [9.17, 15) is 9.59 Å². The number of hydrogen-bond acceptors (Lipinski definition) is 4. The Morgan fingerprint density at radius 2 is 1.86 bits per heavy atom. The number of carbonyl (C=O) groups is 2. The van der Waals surface area contributed by atoms with E-state index in [1.807, 2.05) is 57.2 Å². The average Bonchev–Trinajstić information content (AvgIpc) is 3.09. The van der Waals surface area contributed by atoms with Crippen molar-refractivity contribution in [3.8, 4) is 0 Å². The van der Waals surface area contributed by atoms with Crippen LogP contribution in [0.1, 0.15) is 85.1 Å². The Kier molecular flexibility index (Phi) is 9.79. The van der Waals surface area contributed by atoms with E-state index in [2.05, 4.69) is 19.2 Å². The minimum Gasteiger partial charge on any atom is -0.444 e. The molecule has 0 bridgehead atoms. The Bertz CT molecular complexity index is 859. The van der Waals surface area contributed by atoms with Crippen LogP contribution in [-0.4, -0.2) is 41.3 Å². The second-order valence-electron chi connectivity index (χ2n) is 10.9. The molecule has 1 saturated carbocycles. The van der Waals surface area contributed by atoms with Gasteiger partial charge in [-0.3, -0.25) is 9.69 Å². The van der Waals surface area contributed by atoms with Crippen LogP contribution in [0.5, 0.6) is 0 Å². The lowest BCUT2D eigenvalue weighted by Gasteiger charge is -2.35. The van der Waals surface area contributed by atoms with Crippen LogP contribution in [0.2, 0.25) is 0 Å². The summed E-state index contributed by atoms with van der Waals surface area (Å²) in [7, 11) is 0. The Morgan fingerprint density at radius 3 is 2.49 bits per heavy atom. The molecule has 1 aromatic rings. The first-order valence-electron chi connectivity index (χ1n) is 13.4. The molecule has 3 rings (SSSR count). The summed E-state index contributed by atoms with van der Waals surface area (Å²) < 4.78 is 12.2. The largest absolute Gasteiger partial charge is 0.444 e. The third kappa shape index (κ3) is 7.57. The molecule has 6 heteroatoms. The monoisotopic (exact) mass is 484 g/mol. The van der Waals surface area contributed by atoms with E-state index in [0.717, 1.165) is 12.0 Å². The van der Waals surface area contributed by atoms with Crippen LogP contribution in [0, 0.1) is 11.8 Å². The highest BCUT2D eigenvalue weighted by atomic mass is 16.6. The number of carbonyl (C=O) groups excluding carboxylic acids is 2. The van der Waals surface area contributed by atoms with Crippen molar-refractivity contribution in [2.75, 3.05) is 6.54 Å². The summed E-state index contributed by atoms with van der Waals surface area (Å²) in [6.07, 6.45) is 8.81. The highest BCUT2D eigenvalue weighted by Gasteiger charge is 2.50. The molecule has 2 amide bonds. The Balaban J connectivity index is 1.83. The fraction of sp³-hybridized carbons (Fsp3) is 0.655. The van der Waals surface area contributed by atoms with Crippen molar-refractivity contribution in [1.82, 2.24) is 10.2 Å². The maximum atomic E-state index is 13.4. The van der Waals surface area contributed by atoms with E-state index >= 15 is 0 Å². The van der Waals surface area contributed by atoms with Gasteiger partial charge in [0.15, 0.2) is 0 Å². The smallest absolute Gasteiger partial charge is 0.412 e. The van der Waals surface area contributed by atoms with Gasteiger partial charge in [-0.1, -0.05) is 83.2 Å². The fourth-order valence-electron chi connectivity index (χ4n) is 5.27. The predicted octanol–water partition coefficient (Wildman–Crippen LogP) is 6.21. The molecule has 0 spiro atoms.